The van der Waals surface area contributed by atoms with Gasteiger partial charge in [0.2, 0.25) is 10.9 Å². The zero-order valence-electron chi connectivity index (χ0n) is 14.5. The first kappa shape index (κ1) is 17.3. The van der Waals surface area contributed by atoms with Crippen molar-refractivity contribution in [3.05, 3.63) is 35.1 Å². The second-order valence-corrected chi connectivity index (χ2v) is 6.95. The number of carbonyl (C=O) groups excluding carboxylic acids is 1. The number of carbonyl (C=O) groups is 1. The van der Waals surface area contributed by atoms with Crippen molar-refractivity contribution < 1.29 is 9.53 Å². The number of nitrogens with one attached hydrogen (secondary N) is 1. The van der Waals surface area contributed by atoms with Gasteiger partial charge in [-0.1, -0.05) is 25.2 Å². The molecule has 25 heavy (non-hydrogen) atoms. The molecule has 0 bridgehead atoms. The van der Waals surface area contributed by atoms with Crippen molar-refractivity contribution in [2.45, 2.75) is 39.5 Å². The number of fused-ring (bicyclic) bond motifs is 1. The molecule has 8 heteroatoms. The molecule has 1 amide bonds. The van der Waals surface area contributed by atoms with Gasteiger partial charge in [-0.2, -0.15) is 9.61 Å². The molecule has 0 radical (unpaired) electrons. The highest BCUT2D eigenvalue weighted by molar-refractivity contribution is 7.16. The summed E-state index contributed by atoms with van der Waals surface area (Å²) in [5.74, 6) is 1.85. The summed E-state index contributed by atoms with van der Waals surface area (Å²) in [4.78, 5) is 12.9. The van der Waals surface area contributed by atoms with Crippen LogP contribution in [0, 0.1) is 0 Å². The van der Waals surface area contributed by atoms with Gasteiger partial charge >= 0.3 is 0 Å². The molecule has 0 aliphatic heterocycles. The first-order chi connectivity index (χ1) is 12.1. The number of aryl methyl sites for hydroxylation is 1. The molecule has 3 aromatic rings. The van der Waals surface area contributed by atoms with E-state index in [4.69, 9.17) is 4.74 Å². The molecule has 1 N–H and O–H groups in total. The van der Waals surface area contributed by atoms with Crippen molar-refractivity contribution in [3.63, 3.8) is 0 Å². The lowest BCUT2D eigenvalue weighted by molar-refractivity contribution is -0.116. The minimum Gasteiger partial charge on any atom is -0.494 e. The molecule has 3 rings (SSSR count). The second-order valence-electron chi connectivity index (χ2n) is 5.91. The molecule has 0 aliphatic carbocycles. The SMILES string of the molecule is CCOc1ccc(NC(=O)CCc2nn3c(C(C)C)nnc3s2)cc1. The zero-order chi connectivity index (χ0) is 17.8. The van der Waals surface area contributed by atoms with Crippen molar-refractivity contribution in [1.29, 1.82) is 0 Å². The topological polar surface area (TPSA) is 81.4 Å². The first-order valence-electron chi connectivity index (χ1n) is 8.30. The van der Waals surface area contributed by atoms with Gasteiger partial charge in [0, 0.05) is 24.4 Å². The van der Waals surface area contributed by atoms with Gasteiger partial charge in [0.05, 0.1) is 6.61 Å². The number of anilines is 1. The van der Waals surface area contributed by atoms with E-state index in [2.05, 4.69) is 34.5 Å². The van der Waals surface area contributed by atoms with E-state index in [-0.39, 0.29) is 11.8 Å². The highest BCUT2D eigenvalue weighted by atomic mass is 32.1. The maximum atomic E-state index is 12.1. The van der Waals surface area contributed by atoms with E-state index in [0.717, 1.165) is 27.2 Å². The molecule has 132 valence electrons. The van der Waals surface area contributed by atoms with Crippen LogP contribution in [0.25, 0.3) is 4.96 Å². The van der Waals surface area contributed by atoms with E-state index < -0.39 is 0 Å². The Balaban J connectivity index is 1.56. The molecule has 0 unspecified atom stereocenters. The fourth-order valence-corrected chi connectivity index (χ4v) is 3.22. The molecule has 0 spiro atoms. The van der Waals surface area contributed by atoms with E-state index in [0.29, 0.717) is 19.4 Å². The van der Waals surface area contributed by atoms with Gasteiger partial charge in [-0.3, -0.25) is 4.79 Å². The van der Waals surface area contributed by atoms with Crippen molar-refractivity contribution >= 4 is 27.9 Å². The van der Waals surface area contributed by atoms with E-state index >= 15 is 0 Å². The van der Waals surface area contributed by atoms with Crippen LogP contribution in [0.4, 0.5) is 5.69 Å². The number of rotatable bonds is 7. The van der Waals surface area contributed by atoms with Crippen LogP contribution >= 0.6 is 11.3 Å². The van der Waals surface area contributed by atoms with Gasteiger partial charge in [-0.25, -0.2) is 0 Å². The molecule has 2 aromatic heterocycles. The molecular formula is C17H21N5O2S. The zero-order valence-corrected chi connectivity index (χ0v) is 15.3. The molecule has 0 saturated heterocycles. The van der Waals surface area contributed by atoms with Gasteiger partial charge < -0.3 is 10.1 Å². The smallest absolute Gasteiger partial charge is 0.234 e. The first-order valence-corrected chi connectivity index (χ1v) is 9.12. The maximum Gasteiger partial charge on any atom is 0.234 e. The highest BCUT2D eigenvalue weighted by Crippen LogP contribution is 2.20. The lowest BCUT2D eigenvalue weighted by Crippen LogP contribution is -2.12. The van der Waals surface area contributed by atoms with Gasteiger partial charge in [0.15, 0.2) is 5.82 Å². The Bertz CT molecular complexity index is 854. The average Bonchev–Trinajstić information content (AvgIpc) is 3.15. The third-order valence-corrected chi connectivity index (χ3v) is 4.55. The average molecular weight is 359 g/mol. The largest absolute Gasteiger partial charge is 0.494 e. The molecule has 0 aliphatic rings. The Morgan fingerprint density at radius 3 is 2.72 bits per heavy atom. The lowest BCUT2D eigenvalue weighted by atomic mass is 10.2. The minimum atomic E-state index is -0.0424. The summed E-state index contributed by atoms with van der Waals surface area (Å²) in [5, 5.41) is 16.6. The predicted octanol–water partition coefficient (Wildman–Crippen LogP) is 3.28. The Kier molecular flexibility index (Phi) is 5.28. The standard InChI is InChI=1S/C17H21N5O2S/c1-4-24-13-7-5-12(6-8-13)18-14(23)9-10-15-21-22-16(11(2)3)19-20-17(22)25-15/h5-8,11H,4,9-10H2,1-3H3,(H,18,23). The normalized spacial score (nSPS) is 11.2. The van der Waals surface area contributed by atoms with Crippen molar-refractivity contribution in [2.24, 2.45) is 0 Å². The fourth-order valence-electron chi connectivity index (χ4n) is 2.38. The van der Waals surface area contributed by atoms with Gasteiger partial charge in [0.1, 0.15) is 10.8 Å². The summed E-state index contributed by atoms with van der Waals surface area (Å²) < 4.78 is 7.16. The Hall–Kier alpha value is -2.48. The van der Waals surface area contributed by atoms with Gasteiger partial charge in [-0.05, 0) is 31.2 Å². The lowest BCUT2D eigenvalue weighted by Gasteiger charge is -2.06. The molecule has 0 fully saturated rings. The van der Waals surface area contributed by atoms with Crippen LogP contribution in [0.2, 0.25) is 0 Å². The predicted molar refractivity (Wildman–Crippen MR) is 97.3 cm³/mol. The van der Waals surface area contributed by atoms with Crippen molar-refractivity contribution in [2.75, 3.05) is 11.9 Å². The molecule has 0 atom stereocenters. The third kappa shape index (κ3) is 4.14. The van der Waals surface area contributed by atoms with Crippen LogP contribution < -0.4 is 10.1 Å². The highest BCUT2D eigenvalue weighted by Gasteiger charge is 2.14. The molecule has 1 aromatic carbocycles. The number of hydrogen-bond donors (Lipinski definition) is 1. The van der Waals surface area contributed by atoms with Crippen molar-refractivity contribution in [3.8, 4) is 5.75 Å². The summed E-state index contributed by atoms with van der Waals surface area (Å²) in [7, 11) is 0. The van der Waals surface area contributed by atoms with E-state index in [1.807, 2.05) is 31.2 Å². The van der Waals surface area contributed by atoms with E-state index in [1.54, 1.807) is 4.52 Å². The second kappa shape index (κ2) is 7.60. The third-order valence-electron chi connectivity index (χ3n) is 3.59. The van der Waals surface area contributed by atoms with Gasteiger partial charge in [-0.15, -0.1) is 10.2 Å². The Morgan fingerprint density at radius 1 is 1.28 bits per heavy atom. The van der Waals surface area contributed by atoms with Crippen LogP contribution in [-0.4, -0.2) is 32.3 Å². The van der Waals surface area contributed by atoms with E-state index in [9.17, 15) is 4.79 Å². The van der Waals surface area contributed by atoms with Crippen LogP contribution in [0.5, 0.6) is 5.75 Å². The van der Waals surface area contributed by atoms with Crippen LogP contribution in [-0.2, 0) is 11.2 Å². The minimum absolute atomic E-state index is 0.0424. The number of ether oxygens (including phenoxy) is 1. The number of nitrogens with zero attached hydrogens (tertiary/aromatic N) is 4. The quantitative estimate of drug-likeness (QED) is 0.700. The fraction of sp³-hybridized carbons (Fsp3) is 0.412. The Labute approximate surface area is 150 Å². The molecular weight excluding hydrogens is 338 g/mol. The van der Waals surface area contributed by atoms with Gasteiger partial charge in [0.25, 0.3) is 0 Å². The molecule has 0 saturated carbocycles. The molecule has 7 nitrogen and oxygen atoms in total. The van der Waals surface area contributed by atoms with Crippen molar-refractivity contribution in [1.82, 2.24) is 19.8 Å². The van der Waals surface area contributed by atoms with Crippen LogP contribution in [0.1, 0.15) is 43.9 Å². The Morgan fingerprint density at radius 2 is 2.04 bits per heavy atom. The van der Waals surface area contributed by atoms with Crippen LogP contribution in [0.15, 0.2) is 24.3 Å². The van der Waals surface area contributed by atoms with E-state index in [1.165, 1.54) is 11.3 Å². The number of aromatic nitrogens is 4. The number of hydrogen-bond acceptors (Lipinski definition) is 6. The summed E-state index contributed by atoms with van der Waals surface area (Å²) in [5.41, 5.74) is 0.758. The summed E-state index contributed by atoms with van der Waals surface area (Å²) in [6, 6.07) is 7.35. The summed E-state index contributed by atoms with van der Waals surface area (Å²) >= 11 is 1.47. The maximum absolute atomic E-state index is 12.1. The number of amides is 1. The summed E-state index contributed by atoms with van der Waals surface area (Å²) in [6.45, 7) is 6.67. The number of benzene rings is 1. The van der Waals surface area contributed by atoms with Crippen LogP contribution in [0.3, 0.4) is 0 Å². The summed E-state index contributed by atoms with van der Waals surface area (Å²) in [6.07, 6.45) is 0.947. The monoisotopic (exact) mass is 359 g/mol. The molecule has 2 heterocycles.